The molecule has 1 aromatic carbocycles. The summed E-state index contributed by atoms with van der Waals surface area (Å²) in [5, 5.41) is 3.27. The van der Waals surface area contributed by atoms with E-state index in [1.54, 1.807) is 12.1 Å². The summed E-state index contributed by atoms with van der Waals surface area (Å²) in [7, 11) is 0. The second-order valence-electron chi connectivity index (χ2n) is 5.56. The quantitative estimate of drug-likeness (QED) is 0.831. The fourth-order valence-corrected chi connectivity index (χ4v) is 2.80. The predicted molar refractivity (Wildman–Crippen MR) is 97.8 cm³/mol. The van der Waals surface area contributed by atoms with Gasteiger partial charge in [0.25, 0.3) is 5.91 Å². The van der Waals surface area contributed by atoms with Gasteiger partial charge in [-0.25, -0.2) is 0 Å². The lowest BCUT2D eigenvalue weighted by Crippen LogP contribution is -2.52. The number of amides is 1. The Morgan fingerprint density at radius 2 is 2.08 bits per heavy atom. The van der Waals surface area contributed by atoms with Gasteiger partial charge in [-0.2, -0.15) is 0 Å². The molecule has 1 atom stereocenters. The summed E-state index contributed by atoms with van der Waals surface area (Å²) in [6.07, 6.45) is 0. The fourth-order valence-electron chi connectivity index (χ4n) is 2.54. The Morgan fingerprint density at radius 3 is 2.79 bits per heavy atom. The van der Waals surface area contributed by atoms with E-state index in [4.69, 9.17) is 9.15 Å². The molecular formula is C17H20BrClN2O3. The number of ether oxygens (including phenoxy) is 1. The van der Waals surface area contributed by atoms with E-state index in [9.17, 15) is 4.79 Å². The summed E-state index contributed by atoms with van der Waals surface area (Å²) in [6, 6.07) is 11.3. The highest BCUT2D eigenvalue weighted by Crippen LogP contribution is 2.19. The molecule has 0 radical (unpaired) electrons. The topological polar surface area (TPSA) is 54.7 Å². The molecule has 2 heterocycles. The minimum Gasteiger partial charge on any atom is -0.486 e. The predicted octanol–water partition coefficient (Wildman–Crippen LogP) is 3.48. The standard InChI is InChI=1S/C17H19BrN2O3.ClH/c1-12-10-19-8-9-20(12)17(21)16-7-6-15(23-16)11-22-14-4-2-13(18)3-5-14;/h2-7,12,19H,8-11H2,1H3;1H/t12-;/m0./s1. The zero-order valence-electron chi connectivity index (χ0n) is 13.3. The van der Waals surface area contributed by atoms with Crippen molar-refractivity contribution < 1.29 is 13.9 Å². The van der Waals surface area contributed by atoms with Crippen LogP contribution in [-0.2, 0) is 6.61 Å². The molecule has 1 amide bonds. The summed E-state index contributed by atoms with van der Waals surface area (Å²) in [6.45, 7) is 4.66. The molecule has 3 rings (SSSR count). The molecule has 5 nitrogen and oxygen atoms in total. The number of benzene rings is 1. The molecule has 130 valence electrons. The van der Waals surface area contributed by atoms with E-state index in [2.05, 4.69) is 21.2 Å². The number of nitrogens with zero attached hydrogens (tertiary/aromatic N) is 1. The molecule has 1 saturated heterocycles. The van der Waals surface area contributed by atoms with Crippen molar-refractivity contribution in [3.05, 3.63) is 52.4 Å². The van der Waals surface area contributed by atoms with Crippen LogP contribution in [0.4, 0.5) is 0 Å². The van der Waals surface area contributed by atoms with Crippen LogP contribution in [0.2, 0.25) is 0 Å². The van der Waals surface area contributed by atoms with Crippen molar-refractivity contribution in [3.63, 3.8) is 0 Å². The van der Waals surface area contributed by atoms with Crippen molar-refractivity contribution in [2.24, 2.45) is 0 Å². The van der Waals surface area contributed by atoms with Gasteiger partial charge >= 0.3 is 0 Å². The van der Waals surface area contributed by atoms with Crippen LogP contribution >= 0.6 is 28.3 Å². The molecule has 1 aliphatic rings. The Labute approximate surface area is 155 Å². The van der Waals surface area contributed by atoms with Crippen molar-refractivity contribution in [2.75, 3.05) is 19.6 Å². The zero-order valence-corrected chi connectivity index (χ0v) is 15.7. The van der Waals surface area contributed by atoms with Gasteiger partial charge in [0.1, 0.15) is 18.1 Å². The number of carbonyl (C=O) groups excluding carboxylic acids is 1. The van der Waals surface area contributed by atoms with Crippen LogP contribution in [0.25, 0.3) is 0 Å². The normalized spacial score (nSPS) is 17.2. The number of furan rings is 1. The average molecular weight is 416 g/mol. The van der Waals surface area contributed by atoms with Crippen LogP contribution in [0.1, 0.15) is 23.2 Å². The smallest absolute Gasteiger partial charge is 0.289 e. The van der Waals surface area contributed by atoms with Gasteiger partial charge in [0.15, 0.2) is 5.76 Å². The lowest BCUT2D eigenvalue weighted by atomic mass is 10.2. The van der Waals surface area contributed by atoms with Crippen molar-refractivity contribution in [2.45, 2.75) is 19.6 Å². The summed E-state index contributed by atoms with van der Waals surface area (Å²) in [5.41, 5.74) is 0. The van der Waals surface area contributed by atoms with E-state index in [0.717, 1.165) is 23.3 Å². The van der Waals surface area contributed by atoms with Gasteiger partial charge in [0.2, 0.25) is 0 Å². The third-order valence-corrected chi connectivity index (χ3v) is 4.36. The van der Waals surface area contributed by atoms with Gasteiger partial charge in [-0.15, -0.1) is 12.4 Å². The zero-order chi connectivity index (χ0) is 16.2. The maximum Gasteiger partial charge on any atom is 0.289 e. The monoisotopic (exact) mass is 414 g/mol. The highest BCUT2D eigenvalue weighted by molar-refractivity contribution is 9.10. The maximum atomic E-state index is 12.5. The van der Waals surface area contributed by atoms with Gasteiger partial charge in [0.05, 0.1) is 0 Å². The van der Waals surface area contributed by atoms with Gasteiger partial charge < -0.3 is 19.4 Å². The Morgan fingerprint density at radius 1 is 1.33 bits per heavy atom. The average Bonchev–Trinajstić information content (AvgIpc) is 3.03. The minimum absolute atomic E-state index is 0. The van der Waals surface area contributed by atoms with E-state index in [0.29, 0.717) is 24.7 Å². The molecule has 0 bridgehead atoms. The number of halogens is 2. The van der Waals surface area contributed by atoms with Gasteiger partial charge in [-0.1, -0.05) is 15.9 Å². The van der Waals surface area contributed by atoms with Crippen molar-refractivity contribution >= 4 is 34.2 Å². The van der Waals surface area contributed by atoms with Crippen molar-refractivity contribution in [1.29, 1.82) is 0 Å². The molecule has 24 heavy (non-hydrogen) atoms. The van der Waals surface area contributed by atoms with E-state index in [-0.39, 0.29) is 24.4 Å². The van der Waals surface area contributed by atoms with Crippen LogP contribution in [-0.4, -0.2) is 36.5 Å². The highest BCUT2D eigenvalue weighted by atomic mass is 79.9. The molecule has 1 aromatic heterocycles. The van der Waals surface area contributed by atoms with Crippen LogP contribution in [0, 0.1) is 0 Å². The number of rotatable bonds is 4. The number of hydrogen-bond acceptors (Lipinski definition) is 4. The lowest BCUT2D eigenvalue weighted by Gasteiger charge is -2.33. The van der Waals surface area contributed by atoms with Crippen molar-refractivity contribution in [3.8, 4) is 5.75 Å². The van der Waals surface area contributed by atoms with Crippen LogP contribution in [0.5, 0.6) is 5.75 Å². The Kier molecular flexibility index (Phi) is 6.71. The molecule has 1 N–H and O–H groups in total. The summed E-state index contributed by atoms with van der Waals surface area (Å²) >= 11 is 3.38. The second-order valence-corrected chi connectivity index (χ2v) is 6.48. The minimum atomic E-state index is -0.0612. The molecule has 1 aliphatic heterocycles. The third-order valence-electron chi connectivity index (χ3n) is 3.83. The third kappa shape index (κ3) is 4.53. The molecule has 0 saturated carbocycles. The molecule has 2 aromatic rings. The molecule has 0 unspecified atom stereocenters. The number of piperazine rings is 1. The first-order valence-electron chi connectivity index (χ1n) is 7.62. The van der Waals surface area contributed by atoms with E-state index in [1.807, 2.05) is 36.1 Å². The Bertz CT molecular complexity index is 675. The Hall–Kier alpha value is -1.50. The molecule has 0 spiro atoms. The van der Waals surface area contributed by atoms with Gasteiger partial charge in [-0.05, 0) is 43.3 Å². The molecular weight excluding hydrogens is 396 g/mol. The maximum absolute atomic E-state index is 12.5. The van der Waals surface area contributed by atoms with Crippen LogP contribution < -0.4 is 10.1 Å². The summed E-state index contributed by atoms with van der Waals surface area (Å²) in [5.74, 6) is 1.70. The molecule has 1 fully saturated rings. The number of carbonyl (C=O) groups is 1. The first-order chi connectivity index (χ1) is 11.1. The first-order valence-corrected chi connectivity index (χ1v) is 8.41. The second kappa shape index (κ2) is 8.55. The SMILES string of the molecule is C[C@H]1CNCCN1C(=O)c1ccc(COc2ccc(Br)cc2)o1.Cl. The first kappa shape index (κ1) is 18.8. The fraction of sp³-hybridized carbons (Fsp3) is 0.353. The van der Waals surface area contributed by atoms with Crippen molar-refractivity contribution in [1.82, 2.24) is 10.2 Å². The number of nitrogens with one attached hydrogen (secondary N) is 1. The highest BCUT2D eigenvalue weighted by Gasteiger charge is 2.26. The largest absolute Gasteiger partial charge is 0.486 e. The van der Waals surface area contributed by atoms with E-state index < -0.39 is 0 Å². The molecule has 0 aliphatic carbocycles. The summed E-state index contributed by atoms with van der Waals surface area (Å²) < 4.78 is 12.3. The van der Waals surface area contributed by atoms with Crippen LogP contribution in [0.3, 0.4) is 0 Å². The van der Waals surface area contributed by atoms with E-state index >= 15 is 0 Å². The molecule has 7 heteroatoms. The van der Waals surface area contributed by atoms with Crippen LogP contribution in [0.15, 0.2) is 45.3 Å². The summed E-state index contributed by atoms with van der Waals surface area (Å²) in [4.78, 5) is 14.3. The van der Waals surface area contributed by atoms with Gasteiger partial charge in [-0.3, -0.25) is 4.79 Å². The lowest BCUT2D eigenvalue weighted by molar-refractivity contribution is 0.0619. The number of hydrogen-bond donors (Lipinski definition) is 1. The Balaban J connectivity index is 0.00000208. The van der Waals surface area contributed by atoms with E-state index in [1.165, 1.54) is 0 Å². The van der Waals surface area contributed by atoms with Gasteiger partial charge in [0, 0.05) is 30.1 Å².